The van der Waals surface area contributed by atoms with E-state index in [9.17, 15) is 14.7 Å². The minimum absolute atomic E-state index is 0.0698. The Morgan fingerprint density at radius 2 is 2.10 bits per heavy atom. The summed E-state index contributed by atoms with van der Waals surface area (Å²) >= 11 is 0. The highest BCUT2D eigenvalue weighted by atomic mass is 16.3. The molecule has 21 heavy (non-hydrogen) atoms. The molecular weight excluding hydrogens is 272 g/mol. The van der Waals surface area contributed by atoms with Crippen LogP contribution < -0.4 is 10.6 Å². The van der Waals surface area contributed by atoms with Gasteiger partial charge in [0.05, 0.1) is 18.6 Å². The van der Waals surface area contributed by atoms with Gasteiger partial charge in [-0.05, 0) is 30.7 Å². The van der Waals surface area contributed by atoms with Crippen molar-refractivity contribution in [3.8, 4) is 0 Å². The largest absolute Gasteiger partial charge is 0.472 e. The van der Waals surface area contributed by atoms with E-state index in [1.54, 1.807) is 24.3 Å². The number of aliphatic hydroxyl groups is 1. The van der Waals surface area contributed by atoms with Gasteiger partial charge in [0.25, 0.3) is 0 Å². The summed E-state index contributed by atoms with van der Waals surface area (Å²) < 4.78 is 4.83. The molecule has 110 valence electrons. The highest BCUT2D eigenvalue weighted by Crippen LogP contribution is 2.12. The van der Waals surface area contributed by atoms with E-state index >= 15 is 0 Å². The minimum Gasteiger partial charge on any atom is -0.472 e. The summed E-state index contributed by atoms with van der Waals surface area (Å²) in [6.07, 6.45) is 1.88. The number of benzene rings is 1. The zero-order valence-electron chi connectivity index (χ0n) is 11.5. The molecule has 0 aliphatic rings. The van der Waals surface area contributed by atoms with Crippen molar-refractivity contribution in [1.29, 1.82) is 0 Å². The molecule has 0 fully saturated rings. The third-order valence-corrected chi connectivity index (χ3v) is 2.87. The van der Waals surface area contributed by atoms with Crippen molar-refractivity contribution in [1.82, 2.24) is 5.32 Å². The smallest absolute Gasteiger partial charge is 0.313 e. The zero-order valence-corrected chi connectivity index (χ0v) is 11.5. The topological polar surface area (TPSA) is 91.6 Å². The van der Waals surface area contributed by atoms with Crippen LogP contribution in [0.1, 0.15) is 17.2 Å². The van der Waals surface area contributed by atoms with Crippen molar-refractivity contribution < 1.29 is 19.1 Å². The highest BCUT2D eigenvalue weighted by molar-refractivity contribution is 6.39. The Balaban J connectivity index is 1.84. The summed E-state index contributed by atoms with van der Waals surface area (Å²) in [5, 5.41) is 14.6. The van der Waals surface area contributed by atoms with Crippen molar-refractivity contribution in [3.63, 3.8) is 0 Å². The summed E-state index contributed by atoms with van der Waals surface area (Å²) in [4.78, 5) is 23.3. The maximum atomic E-state index is 11.7. The molecule has 1 heterocycles. The molecule has 0 bridgehead atoms. The van der Waals surface area contributed by atoms with Crippen LogP contribution in [0.5, 0.6) is 0 Å². The Morgan fingerprint density at radius 1 is 1.29 bits per heavy atom. The van der Waals surface area contributed by atoms with Crippen LogP contribution >= 0.6 is 0 Å². The quantitative estimate of drug-likeness (QED) is 0.741. The first-order chi connectivity index (χ1) is 10.1. The lowest BCUT2D eigenvalue weighted by Crippen LogP contribution is -2.37. The van der Waals surface area contributed by atoms with Gasteiger partial charge in [0.2, 0.25) is 0 Å². The van der Waals surface area contributed by atoms with Crippen molar-refractivity contribution in [3.05, 3.63) is 54.0 Å². The standard InChI is InChI=1S/C15H16N2O4/c1-10-3-2-4-12(7-10)17-15(20)14(19)16-8-13(18)11-5-6-21-9-11/h2-7,9,13,18H,8H2,1H3,(H,16,19)(H,17,20)/t13-/m0/s1. The molecule has 0 spiro atoms. The second kappa shape index (κ2) is 6.71. The molecule has 6 nitrogen and oxygen atoms in total. The average molecular weight is 288 g/mol. The first-order valence-electron chi connectivity index (χ1n) is 6.42. The van der Waals surface area contributed by atoms with Crippen LogP contribution in [0, 0.1) is 6.92 Å². The van der Waals surface area contributed by atoms with Crippen molar-refractivity contribution >= 4 is 17.5 Å². The second-order valence-electron chi connectivity index (χ2n) is 4.61. The van der Waals surface area contributed by atoms with Crippen LogP contribution in [-0.4, -0.2) is 23.5 Å². The third-order valence-electron chi connectivity index (χ3n) is 2.87. The molecule has 0 saturated heterocycles. The van der Waals surface area contributed by atoms with E-state index in [1.807, 2.05) is 13.0 Å². The first-order valence-corrected chi connectivity index (χ1v) is 6.42. The van der Waals surface area contributed by atoms with Crippen molar-refractivity contribution in [2.75, 3.05) is 11.9 Å². The maximum absolute atomic E-state index is 11.7. The van der Waals surface area contributed by atoms with E-state index in [1.165, 1.54) is 12.5 Å². The van der Waals surface area contributed by atoms with Gasteiger partial charge in [-0.15, -0.1) is 0 Å². The summed E-state index contributed by atoms with van der Waals surface area (Å²) in [7, 11) is 0. The number of aliphatic hydroxyl groups excluding tert-OH is 1. The molecule has 3 N–H and O–H groups in total. The van der Waals surface area contributed by atoms with E-state index in [4.69, 9.17) is 4.42 Å². The van der Waals surface area contributed by atoms with Crippen LogP contribution in [0.4, 0.5) is 5.69 Å². The number of nitrogens with one attached hydrogen (secondary N) is 2. The summed E-state index contributed by atoms with van der Waals surface area (Å²) in [5.41, 5.74) is 2.06. The Labute approximate surface area is 121 Å². The Kier molecular flexibility index (Phi) is 4.73. The molecule has 2 amide bonds. The molecular formula is C15H16N2O4. The number of anilines is 1. The van der Waals surface area contributed by atoms with Gasteiger partial charge < -0.3 is 20.2 Å². The molecule has 1 aromatic heterocycles. The number of hydrogen-bond donors (Lipinski definition) is 3. The summed E-state index contributed by atoms with van der Waals surface area (Å²) in [6, 6.07) is 8.70. The van der Waals surface area contributed by atoms with Crippen LogP contribution in [0.2, 0.25) is 0 Å². The number of hydrogen-bond acceptors (Lipinski definition) is 4. The predicted octanol–water partition coefficient (Wildman–Crippen LogP) is 1.38. The number of rotatable bonds is 4. The summed E-state index contributed by atoms with van der Waals surface area (Å²) in [6.45, 7) is 1.82. The number of carbonyl (C=O) groups is 2. The Hall–Kier alpha value is -2.60. The predicted molar refractivity (Wildman–Crippen MR) is 76.5 cm³/mol. The fraction of sp³-hybridized carbons (Fsp3) is 0.200. The SMILES string of the molecule is Cc1cccc(NC(=O)C(=O)NC[C@H](O)c2ccoc2)c1. The van der Waals surface area contributed by atoms with Crippen LogP contribution in [0.15, 0.2) is 47.3 Å². The maximum Gasteiger partial charge on any atom is 0.313 e. The number of furan rings is 1. The fourth-order valence-corrected chi connectivity index (χ4v) is 1.76. The van der Waals surface area contributed by atoms with E-state index in [-0.39, 0.29) is 6.54 Å². The minimum atomic E-state index is -0.917. The molecule has 0 aliphatic carbocycles. The molecule has 2 aromatic rings. The van der Waals surface area contributed by atoms with Gasteiger partial charge in [-0.1, -0.05) is 12.1 Å². The van der Waals surface area contributed by atoms with Crippen molar-refractivity contribution in [2.24, 2.45) is 0 Å². The molecule has 0 aliphatic heterocycles. The molecule has 2 rings (SSSR count). The zero-order chi connectivity index (χ0) is 15.2. The lowest BCUT2D eigenvalue weighted by Gasteiger charge is -2.10. The third kappa shape index (κ3) is 4.19. The fourth-order valence-electron chi connectivity index (χ4n) is 1.76. The molecule has 1 aromatic carbocycles. The van der Waals surface area contributed by atoms with Gasteiger partial charge in [-0.25, -0.2) is 0 Å². The Morgan fingerprint density at radius 3 is 2.76 bits per heavy atom. The molecule has 0 unspecified atom stereocenters. The van der Waals surface area contributed by atoms with Gasteiger partial charge >= 0.3 is 11.8 Å². The van der Waals surface area contributed by atoms with Gasteiger partial charge in [0.15, 0.2) is 0 Å². The first kappa shape index (κ1) is 14.8. The monoisotopic (exact) mass is 288 g/mol. The second-order valence-corrected chi connectivity index (χ2v) is 4.61. The van der Waals surface area contributed by atoms with Gasteiger partial charge in [0.1, 0.15) is 0 Å². The van der Waals surface area contributed by atoms with E-state index in [0.717, 1.165) is 5.56 Å². The van der Waals surface area contributed by atoms with Crippen LogP contribution in [-0.2, 0) is 9.59 Å². The molecule has 0 radical (unpaired) electrons. The normalized spacial score (nSPS) is 11.7. The Bertz CT molecular complexity index is 622. The molecule has 6 heteroatoms. The van der Waals surface area contributed by atoms with Gasteiger partial charge in [0, 0.05) is 17.8 Å². The number of aryl methyl sites for hydroxylation is 1. The van der Waals surface area contributed by atoms with Crippen LogP contribution in [0.25, 0.3) is 0 Å². The van der Waals surface area contributed by atoms with Crippen molar-refractivity contribution in [2.45, 2.75) is 13.0 Å². The highest BCUT2D eigenvalue weighted by Gasteiger charge is 2.16. The summed E-state index contributed by atoms with van der Waals surface area (Å²) in [5.74, 6) is -1.58. The van der Waals surface area contributed by atoms with Gasteiger partial charge in [-0.3, -0.25) is 9.59 Å². The van der Waals surface area contributed by atoms with Gasteiger partial charge in [-0.2, -0.15) is 0 Å². The molecule has 0 saturated carbocycles. The van der Waals surface area contributed by atoms with E-state index < -0.39 is 17.9 Å². The van der Waals surface area contributed by atoms with E-state index in [2.05, 4.69) is 10.6 Å². The lowest BCUT2D eigenvalue weighted by molar-refractivity contribution is -0.136. The average Bonchev–Trinajstić information content (AvgIpc) is 2.98. The van der Waals surface area contributed by atoms with Crippen LogP contribution in [0.3, 0.4) is 0 Å². The van der Waals surface area contributed by atoms with E-state index in [0.29, 0.717) is 11.3 Å². The number of carbonyl (C=O) groups excluding carboxylic acids is 2. The number of amides is 2. The lowest BCUT2D eigenvalue weighted by atomic mass is 10.2. The molecule has 1 atom stereocenters.